The first-order valence-electron chi connectivity index (χ1n) is 10.2. The van der Waals surface area contributed by atoms with Gasteiger partial charge in [-0.2, -0.15) is 0 Å². The molecule has 2 aromatic carbocycles. The van der Waals surface area contributed by atoms with E-state index in [4.69, 9.17) is 23.2 Å². The number of nitrogens with zero attached hydrogens (tertiary/aromatic N) is 2. The van der Waals surface area contributed by atoms with Crippen molar-refractivity contribution in [1.82, 2.24) is 9.21 Å². The van der Waals surface area contributed by atoms with Gasteiger partial charge in [0.15, 0.2) is 0 Å². The first-order chi connectivity index (χ1) is 14.8. The molecular formula is C22H22Cl2N2O4S. The van der Waals surface area contributed by atoms with Crippen molar-refractivity contribution in [3.63, 3.8) is 0 Å². The molecule has 0 aromatic heterocycles. The third kappa shape index (κ3) is 4.31. The van der Waals surface area contributed by atoms with Crippen molar-refractivity contribution in [2.24, 2.45) is 0 Å². The largest absolute Gasteiger partial charge is 0.339 e. The molecule has 4 rings (SSSR count). The molecule has 0 spiro atoms. The number of hydrogen-bond acceptors (Lipinski definition) is 4. The van der Waals surface area contributed by atoms with E-state index >= 15 is 0 Å². The van der Waals surface area contributed by atoms with E-state index in [9.17, 15) is 18.0 Å². The number of benzene rings is 2. The van der Waals surface area contributed by atoms with Crippen LogP contribution in [0.25, 0.3) is 0 Å². The fourth-order valence-electron chi connectivity index (χ4n) is 4.14. The number of likely N-dealkylation sites (tertiary alicyclic amines) is 1. The van der Waals surface area contributed by atoms with Crippen molar-refractivity contribution >= 4 is 45.0 Å². The van der Waals surface area contributed by atoms with E-state index in [2.05, 4.69) is 0 Å². The van der Waals surface area contributed by atoms with E-state index in [-0.39, 0.29) is 45.3 Å². The Morgan fingerprint density at radius 2 is 1.65 bits per heavy atom. The summed E-state index contributed by atoms with van der Waals surface area (Å²) in [6.07, 6.45) is 2.93. The molecule has 6 nitrogen and oxygen atoms in total. The fraction of sp³-hybridized carbons (Fsp3) is 0.364. The number of hydrogen-bond donors (Lipinski definition) is 0. The van der Waals surface area contributed by atoms with E-state index in [1.54, 1.807) is 4.90 Å². The van der Waals surface area contributed by atoms with E-state index in [0.29, 0.717) is 13.1 Å². The molecule has 164 valence electrons. The van der Waals surface area contributed by atoms with Crippen molar-refractivity contribution in [2.45, 2.75) is 36.5 Å². The lowest BCUT2D eigenvalue weighted by Crippen LogP contribution is -2.36. The predicted molar refractivity (Wildman–Crippen MR) is 119 cm³/mol. The molecule has 2 aromatic rings. The van der Waals surface area contributed by atoms with Crippen LogP contribution < -0.4 is 0 Å². The van der Waals surface area contributed by atoms with Crippen molar-refractivity contribution < 1.29 is 18.0 Å². The highest BCUT2D eigenvalue weighted by molar-refractivity contribution is 7.89. The molecule has 0 radical (unpaired) electrons. The summed E-state index contributed by atoms with van der Waals surface area (Å²) >= 11 is 12.5. The molecule has 2 amide bonds. The molecule has 2 aliphatic rings. The minimum atomic E-state index is -4.24. The second-order valence-corrected chi connectivity index (χ2v) is 10.5. The normalized spacial score (nSPS) is 19.7. The molecule has 0 bridgehead atoms. The second kappa shape index (κ2) is 8.81. The van der Waals surface area contributed by atoms with Gasteiger partial charge in [-0.15, -0.1) is 0 Å². The van der Waals surface area contributed by atoms with Gasteiger partial charge in [0.25, 0.3) is 15.9 Å². The van der Waals surface area contributed by atoms with E-state index in [1.807, 2.05) is 30.3 Å². The van der Waals surface area contributed by atoms with Gasteiger partial charge < -0.3 is 4.90 Å². The van der Waals surface area contributed by atoms with Crippen LogP contribution in [-0.4, -0.2) is 49.1 Å². The highest BCUT2D eigenvalue weighted by Crippen LogP contribution is 2.36. The van der Waals surface area contributed by atoms with Gasteiger partial charge in [0.05, 0.1) is 15.6 Å². The molecule has 2 saturated heterocycles. The van der Waals surface area contributed by atoms with Gasteiger partial charge in [0.1, 0.15) is 4.90 Å². The maximum Gasteiger partial charge on any atom is 0.268 e. The average molecular weight is 481 g/mol. The van der Waals surface area contributed by atoms with Crippen LogP contribution in [0.1, 0.15) is 47.5 Å². The Kier molecular flexibility index (Phi) is 6.28. The molecule has 31 heavy (non-hydrogen) atoms. The lowest BCUT2D eigenvalue weighted by Gasteiger charge is -2.27. The predicted octanol–water partition coefficient (Wildman–Crippen LogP) is 4.32. The van der Waals surface area contributed by atoms with Crippen LogP contribution in [0.4, 0.5) is 0 Å². The Hall–Kier alpha value is -2.09. The second-order valence-electron chi connectivity index (χ2n) is 7.86. The summed E-state index contributed by atoms with van der Waals surface area (Å²) in [6.45, 7) is 1.23. The number of halogens is 2. The van der Waals surface area contributed by atoms with Gasteiger partial charge >= 0.3 is 0 Å². The minimum absolute atomic E-state index is 0.0273. The van der Waals surface area contributed by atoms with Crippen LogP contribution in [0, 0.1) is 0 Å². The zero-order chi connectivity index (χ0) is 22.2. The summed E-state index contributed by atoms with van der Waals surface area (Å²) in [7, 11) is -4.24. The molecule has 1 unspecified atom stereocenters. The van der Waals surface area contributed by atoms with Crippen molar-refractivity contribution in [2.75, 3.05) is 19.6 Å². The molecule has 2 heterocycles. The van der Waals surface area contributed by atoms with Crippen molar-refractivity contribution in [3.05, 3.63) is 63.6 Å². The quantitative estimate of drug-likeness (QED) is 0.652. The summed E-state index contributed by atoms with van der Waals surface area (Å²) in [5, 5.41) is -0.0226. The Bertz CT molecular complexity index is 1120. The third-order valence-corrected chi connectivity index (χ3v) is 8.38. The maximum atomic E-state index is 13.4. The molecule has 0 N–H and O–H groups in total. The number of carbonyl (C=O) groups excluding carboxylic acids is 2. The summed E-state index contributed by atoms with van der Waals surface area (Å²) in [4.78, 5) is 27.0. The monoisotopic (exact) mass is 480 g/mol. The van der Waals surface area contributed by atoms with Crippen LogP contribution >= 0.6 is 23.2 Å². The highest BCUT2D eigenvalue weighted by atomic mass is 35.5. The van der Waals surface area contributed by atoms with Crippen LogP contribution in [-0.2, 0) is 14.8 Å². The summed E-state index contributed by atoms with van der Waals surface area (Å²) in [5.74, 6) is -1.06. The van der Waals surface area contributed by atoms with Gasteiger partial charge in [0, 0.05) is 32.0 Å². The summed E-state index contributed by atoms with van der Waals surface area (Å²) in [5.41, 5.74) is 0.981. The molecule has 2 fully saturated rings. The highest BCUT2D eigenvalue weighted by Gasteiger charge is 2.40. The molecule has 9 heteroatoms. The number of rotatable bonds is 4. The van der Waals surface area contributed by atoms with Gasteiger partial charge in [-0.05, 0) is 37.0 Å². The van der Waals surface area contributed by atoms with Crippen LogP contribution in [0.2, 0.25) is 10.0 Å². The van der Waals surface area contributed by atoms with Crippen LogP contribution in [0.15, 0.2) is 47.4 Å². The standard InChI is InChI=1S/C22H22Cl2N2O4S/c23-18-13-19(24)20(12-17(18)22(28)25-9-5-2-6-10-25)31(29,30)26-14-16(11-21(26)27)15-7-3-1-4-8-15/h1,3-4,7-8,12-13,16H,2,5-6,9-11,14H2. The number of carbonyl (C=O) groups is 2. The van der Waals surface area contributed by atoms with Crippen LogP contribution in [0.3, 0.4) is 0 Å². The summed E-state index contributed by atoms with van der Waals surface area (Å²) in [6, 6.07) is 11.8. The fourth-order valence-corrected chi connectivity index (χ4v) is 6.42. The number of sulfonamides is 1. The van der Waals surface area contributed by atoms with E-state index in [0.717, 1.165) is 29.1 Å². The van der Waals surface area contributed by atoms with Gasteiger partial charge in [-0.1, -0.05) is 53.5 Å². The third-order valence-electron chi connectivity index (χ3n) is 5.82. The maximum absolute atomic E-state index is 13.4. The van der Waals surface area contributed by atoms with E-state index < -0.39 is 15.9 Å². The zero-order valence-corrected chi connectivity index (χ0v) is 19.1. The number of piperidine rings is 1. The zero-order valence-electron chi connectivity index (χ0n) is 16.8. The molecule has 1 atom stereocenters. The Morgan fingerprint density at radius 3 is 2.32 bits per heavy atom. The Balaban J connectivity index is 1.66. The summed E-state index contributed by atoms with van der Waals surface area (Å²) < 4.78 is 27.6. The van der Waals surface area contributed by atoms with Crippen molar-refractivity contribution in [3.8, 4) is 0 Å². The molecular weight excluding hydrogens is 459 g/mol. The molecule has 2 aliphatic heterocycles. The average Bonchev–Trinajstić information content (AvgIpc) is 3.17. The van der Waals surface area contributed by atoms with Gasteiger partial charge in [-0.3, -0.25) is 9.59 Å². The van der Waals surface area contributed by atoms with Crippen molar-refractivity contribution in [1.29, 1.82) is 0 Å². The lowest BCUT2D eigenvalue weighted by atomic mass is 9.99. The van der Waals surface area contributed by atoms with E-state index in [1.165, 1.54) is 12.1 Å². The SMILES string of the molecule is O=C(c1cc(S(=O)(=O)N2CC(c3ccccc3)CC2=O)c(Cl)cc1Cl)N1CCCCC1. The first kappa shape index (κ1) is 22.1. The van der Waals surface area contributed by atoms with Gasteiger partial charge in [-0.25, -0.2) is 12.7 Å². The topological polar surface area (TPSA) is 74.8 Å². The van der Waals surface area contributed by atoms with Gasteiger partial charge in [0.2, 0.25) is 5.91 Å². The number of amides is 2. The van der Waals surface area contributed by atoms with Crippen LogP contribution in [0.5, 0.6) is 0 Å². The first-order valence-corrected chi connectivity index (χ1v) is 12.4. The smallest absolute Gasteiger partial charge is 0.268 e. The molecule has 0 aliphatic carbocycles. The minimum Gasteiger partial charge on any atom is -0.339 e. The lowest BCUT2D eigenvalue weighted by molar-refractivity contribution is -0.123. The Morgan fingerprint density at radius 1 is 0.968 bits per heavy atom. The molecule has 0 saturated carbocycles. The Labute approximate surface area is 191 Å².